The van der Waals surface area contributed by atoms with Gasteiger partial charge in [0.2, 0.25) is 5.13 Å². The van der Waals surface area contributed by atoms with Gasteiger partial charge in [0.05, 0.1) is 22.5 Å². The van der Waals surface area contributed by atoms with Crippen LogP contribution >= 0.6 is 11.3 Å². The Kier molecular flexibility index (Phi) is 6.91. The van der Waals surface area contributed by atoms with Crippen LogP contribution in [-0.2, 0) is 14.6 Å². The zero-order chi connectivity index (χ0) is 20.9. The van der Waals surface area contributed by atoms with Gasteiger partial charge in [0.1, 0.15) is 0 Å². The molecule has 0 unspecified atom stereocenters. The molecule has 10 heteroatoms. The molecule has 0 amide bonds. The van der Waals surface area contributed by atoms with Crippen LogP contribution in [0.5, 0.6) is 0 Å². The molecule has 3 aromatic rings. The van der Waals surface area contributed by atoms with Crippen molar-refractivity contribution in [3.8, 4) is 0 Å². The van der Waals surface area contributed by atoms with E-state index >= 15 is 0 Å². The van der Waals surface area contributed by atoms with Gasteiger partial charge >= 0.3 is 10.4 Å². The molecular weight excluding hydrogens is 412 g/mol. The minimum atomic E-state index is -4.39. The quantitative estimate of drug-likeness (QED) is 0.287. The number of azo groups is 1. The molecular formula is C19H22N4O4S2. The van der Waals surface area contributed by atoms with Gasteiger partial charge in [0.25, 0.3) is 0 Å². The van der Waals surface area contributed by atoms with Gasteiger partial charge in [0.15, 0.2) is 0 Å². The third kappa shape index (κ3) is 6.04. The van der Waals surface area contributed by atoms with Gasteiger partial charge in [-0.2, -0.15) is 8.42 Å². The van der Waals surface area contributed by atoms with Gasteiger partial charge in [-0.25, -0.2) is 9.17 Å². The van der Waals surface area contributed by atoms with E-state index in [0.717, 1.165) is 33.7 Å². The fourth-order valence-corrected chi connectivity index (χ4v) is 3.95. The molecule has 1 heterocycles. The molecule has 0 aliphatic carbocycles. The Bertz CT molecular complexity index is 1080. The number of rotatable bonds is 9. The van der Waals surface area contributed by atoms with E-state index in [4.69, 9.17) is 4.55 Å². The lowest BCUT2D eigenvalue weighted by Crippen LogP contribution is -2.25. The number of fused-ring (bicyclic) bond motifs is 1. The molecule has 0 fully saturated rings. The molecule has 29 heavy (non-hydrogen) atoms. The largest absolute Gasteiger partial charge is 0.397 e. The molecule has 8 nitrogen and oxygen atoms in total. The van der Waals surface area contributed by atoms with Crippen molar-refractivity contribution in [3.05, 3.63) is 48.0 Å². The Morgan fingerprint density at radius 3 is 2.69 bits per heavy atom. The predicted molar refractivity (Wildman–Crippen MR) is 115 cm³/mol. The van der Waals surface area contributed by atoms with Crippen LogP contribution in [0.4, 0.5) is 16.5 Å². The average Bonchev–Trinajstić information content (AvgIpc) is 3.09. The lowest BCUT2D eigenvalue weighted by Gasteiger charge is -2.23. The fraction of sp³-hybridized carbons (Fsp3) is 0.316. The summed E-state index contributed by atoms with van der Waals surface area (Å²) in [7, 11) is -4.39. The lowest BCUT2D eigenvalue weighted by molar-refractivity contribution is 0.266. The van der Waals surface area contributed by atoms with Crippen LogP contribution < -0.4 is 4.90 Å². The molecule has 0 aliphatic rings. The van der Waals surface area contributed by atoms with Crippen molar-refractivity contribution in [1.82, 2.24) is 4.98 Å². The monoisotopic (exact) mass is 434 g/mol. The fourth-order valence-electron chi connectivity index (χ4n) is 2.84. The SMILES string of the molecule is CCN(CCCOS(=O)(=O)O)c1ccc(N=Nc2nc3ccccc3s2)c(C)c1. The van der Waals surface area contributed by atoms with E-state index in [1.54, 1.807) is 0 Å². The second-order valence-corrected chi connectivity index (χ2v) is 8.42. The molecule has 154 valence electrons. The summed E-state index contributed by atoms with van der Waals surface area (Å²) in [6.07, 6.45) is 0.464. The number of benzene rings is 2. The standard InChI is InChI=1S/C19H22N4O4S2/c1-3-23(11-6-12-27-29(24,25)26)15-9-10-16(14(2)13-15)21-22-19-20-17-7-4-5-8-18(17)28-19/h4-5,7-10,13H,3,6,11-12H2,1-2H3,(H,24,25,26). The number of thiazole rings is 1. The first-order valence-electron chi connectivity index (χ1n) is 9.10. The molecule has 0 saturated heterocycles. The van der Waals surface area contributed by atoms with Crippen LogP contribution in [0.15, 0.2) is 52.7 Å². The average molecular weight is 435 g/mol. The molecule has 0 bridgehead atoms. The summed E-state index contributed by atoms with van der Waals surface area (Å²) >= 11 is 1.49. The topological polar surface area (TPSA) is 104 Å². The van der Waals surface area contributed by atoms with Crippen molar-refractivity contribution in [2.45, 2.75) is 20.3 Å². The van der Waals surface area contributed by atoms with Gasteiger partial charge in [-0.05, 0) is 56.2 Å². The number of para-hydroxylation sites is 1. The summed E-state index contributed by atoms with van der Waals surface area (Å²) in [5.41, 5.74) is 3.64. The molecule has 0 saturated carbocycles. The van der Waals surface area contributed by atoms with E-state index in [1.807, 2.05) is 56.3 Å². The van der Waals surface area contributed by atoms with Gasteiger partial charge in [-0.3, -0.25) is 4.55 Å². The summed E-state index contributed by atoms with van der Waals surface area (Å²) in [6, 6.07) is 13.7. The Balaban J connectivity index is 1.66. The molecule has 2 aromatic carbocycles. The van der Waals surface area contributed by atoms with Crippen molar-refractivity contribution in [1.29, 1.82) is 0 Å². The van der Waals surface area contributed by atoms with Gasteiger partial charge in [0, 0.05) is 18.8 Å². The number of hydrogen-bond acceptors (Lipinski definition) is 8. The van der Waals surface area contributed by atoms with E-state index in [2.05, 4.69) is 24.3 Å². The second kappa shape index (κ2) is 9.40. The maximum absolute atomic E-state index is 10.6. The smallest absolute Gasteiger partial charge is 0.372 e. The third-order valence-electron chi connectivity index (χ3n) is 4.26. The van der Waals surface area contributed by atoms with E-state index < -0.39 is 10.4 Å². The minimum Gasteiger partial charge on any atom is -0.372 e. The second-order valence-electron chi connectivity index (χ2n) is 6.32. The van der Waals surface area contributed by atoms with E-state index in [9.17, 15) is 8.42 Å². The van der Waals surface area contributed by atoms with E-state index in [-0.39, 0.29) is 6.61 Å². The Morgan fingerprint density at radius 2 is 2.00 bits per heavy atom. The zero-order valence-electron chi connectivity index (χ0n) is 16.1. The maximum Gasteiger partial charge on any atom is 0.397 e. The van der Waals surface area contributed by atoms with Crippen LogP contribution in [0.3, 0.4) is 0 Å². The molecule has 0 atom stereocenters. The van der Waals surface area contributed by atoms with Gasteiger partial charge in [-0.15, -0.1) is 10.2 Å². The van der Waals surface area contributed by atoms with Crippen molar-refractivity contribution in [3.63, 3.8) is 0 Å². The third-order valence-corrected chi connectivity index (χ3v) is 5.64. The summed E-state index contributed by atoms with van der Waals surface area (Å²) in [5, 5.41) is 9.23. The highest BCUT2D eigenvalue weighted by atomic mass is 32.3. The van der Waals surface area contributed by atoms with Crippen molar-refractivity contribution >= 4 is 48.5 Å². The Labute approximate surface area is 173 Å². The molecule has 0 radical (unpaired) electrons. The highest BCUT2D eigenvalue weighted by Gasteiger charge is 2.09. The summed E-state index contributed by atoms with van der Waals surface area (Å²) in [6.45, 7) is 5.25. The minimum absolute atomic E-state index is 0.0667. The molecule has 1 N–H and O–H groups in total. The molecule has 0 aliphatic heterocycles. The number of hydrogen-bond donors (Lipinski definition) is 1. The summed E-state index contributed by atoms with van der Waals surface area (Å²) < 4.78 is 35.3. The van der Waals surface area contributed by atoms with E-state index in [1.165, 1.54) is 11.3 Å². The highest BCUT2D eigenvalue weighted by Crippen LogP contribution is 2.31. The maximum atomic E-state index is 10.6. The molecule has 3 rings (SSSR count). The molecule has 0 spiro atoms. The van der Waals surface area contributed by atoms with Crippen LogP contribution in [0.1, 0.15) is 18.9 Å². The van der Waals surface area contributed by atoms with Crippen molar-refractivity contribution in [2.75, 3.05) is 24.6 Å². The number of anilines is 1. The normalized spacial score (nSPS) is 12.1. The number of aryl methyl sites for hydroxylation is 1. The first-order valence-corrected chi connectivity index (χ1v) is 11.3. The molecule has 1 aromatic heterocycles. The van der Waals surface area contributed by atoms with Crippen molar-refractivity contribution < 1.29 is 17.2 Å². The van der Waals surface area contributed by atoms with E-state index in [0.29, 0.717) is 18.1 Å². The Morgan fingerprint density at radius 1 is 1.21 bits per heavy atom. The predicted octanol–water partition coefficient (Wildman–Crippen LogP) is 5.06. The number of nitrogens with zero attached hydrogens (tertiary/aromatic N) is 4. The number of aromatic nitrogens is 1. The first-order chi connectivity index (χ1) is 13.9. The van der Waals surface area contributed by atoms with Crippen molar-refractivity contribution in [2.24, 2.45) is 10.2 Å². The summed E-state index contributed by atoms with van der Waals surface area (Å²) in [4.78, 5) is 6.55. The van der Waals surface area contributed by atoms with Crippen LogP contribution in [0.2, 0.25) is 0 Å². The van der Waals surface area contributed by atoms with Gasteiger partial charge < -0.3 is 4.90 Å². The van der Waals surface area contributed by atoms with Crippen LogP contribution in [-0.4, -0.2) is 37.7 Å². The summed E-state index contributed by atoms with van der Waals surface area (Å²) in [5.74, 6) is 0. The van der Waals surface area contributed by atoms with Crippen LogP contribution in [0, 0.1) is 6.92 Å². The van der Waals surface area contributed by atoms with Gasteiger partial charge in [-0.1, -0.05) is 23.5 Å². The Hall–Kier alpha value is -2.40. The first kappa shape index (κ1) is 21.3. The lowest BCUT2D eigenvalue weighted by atomic mass is 10.1. The zero-order valence-corrected chi connectivity index (χ0v) is 17.8. The highest BCUT2D eigenvalue weighted by molar-refractivity contribution is 7.80. The van der Waals surface area contributed by atoms with Crippen LogP contribution in [0.25, 0.3) is 10.2 Å².